The third-order valence-electron chi connectivity index (χ3n) is 2.47. The van der Waals surface area contributed by atoms with Gasteiger partial charge in [0.25, 0.3) is 0 Å². The standard InChI is InChI=1S/C14H15N3O3S/c1-2-20-11-6-4-3-5-10(11)16-12(18)9-21-13-7-8-15-14(19)17-13/h3-8H,2,9H2,1H3,(H,16,18)(H,15,17,19). The number of carbonyl (C=O) groups excluding carboxylic acids is 1. The third kappa shape index (κ3) is 4.64. The first-order valence-corrected chi connectivity index (χ1v) is 7.37. The van der Waals surface area contributed by atoms with E-state index < -0.39 is 5.69 Å². The molecule has 0 aliphatic heterocycles. The van der Waals surface area contributed by atoms with Crippen molar-refractivity contribution in [1.82, 2.24) is 9.97 Å². The Hall–Kier alpha value is -2.28. The molecule has 110 valence electrons. The number of nitrogens with one attached hydrogen (secondary N) is 2. The SMILES string of the molecule is CCOc1ccccc1NC(=O)CSc1ccnc(=O)[nH]1. The molecule has 7 heteroatoms. The van der Waals surface area contributed by atoms with Crippen LogP contribution in [0.1, 0.15) is 6.92 Å². The van der Waals surface area contributed by atoms with E-state index in [1.807, 2.05) is 19.1 Å². The molecular weight excluding hydrogens is 290 g/mol. The summed E-state index contributed by atoms with van der Waals surface area (Å²) < 4.78 is 5.44. The monoisotopic (exact) mass is 305 g/mol. The molecule has 0 aliphatic rings. The Labute approximate surface area is 125 Å². The van der Waals surface area contributed by atoms with Crippen LogP contribution in [0.5, 0.6) is 5.75 Å². The average Bonchev–Trinajstić information content (AvgIpc) is 2.48. The molecule has 0 saturated carbocycles. The second-order valence-corrected chi connectivity index (χ2v) is 5.02. The van der Waals surface area contributed by atoms with Crippen LogP contribution < -0.4 is 15.7 Å². The number of aromatic amines is 1. The summed E-state index contributed by atoms with van der Waals surface area (Å²) in [6.45, 7) is 2.41. The number of thioether (sulfide) groups is 1. The lowest BCUT2D eigenvalue weighted by molar-refractivity contribution is -0.113. The second kappa shape index (κ2) is 7.49. The highest BCUT2D eigenvalue weighted by atomic mass is 32.2. The van der Waals surface area contributed by atoms with Gasteiger partial charge in [-0.15, -0.1) is 0 Å². The van der Waals surface area contributed by atoms with Crippen molar-refractivity contribution in [1.29, 1.82) is 0 Å². The van der Waals surface area contributed by atoms with E-state index in [1.165, 1.54) is 18.0 Å². The fourth-order valence-corrected chi connectivity index (χ4v) is 2.29. The van der Waals surface area contributed by atoms with Gasteiger partial charge in [-0.2, -0.15) is 0 Å². The van der Waals surface area contributed by atoms with Gasteiger partial charge >= 0.3 is 5.69 Å². The van der Waals surface area contributed by atoms with E-state index in [2.05, 4.69) is 15.3 Å². The van der Waals surface area contributed by atoms with Gasteiger partial charge in [0.1, 0.15) is 5.75 Å². The molecule has 1 aromatic carbocycles. The molecule has 2 N–H and O–H groups in total. The molecule has 21 heavy (non-hydrogen) atoms. The number of para-hydroxylation sites is 2. The van der Waals surface area contributed by atoms with Gasteiger partial charge in [0.15, 0.2) is 0 Å². The van der Waals surface area contributed by atoms with Crippen LogP contribution in [-0.4, -0.2) is 28.2 Å². The normalized spacial score (nSPS) is 10.1. The zero-order valence-corrected chi connectivity index (χ0v) is 12.3. The first-order valence-electron chi connectivity index (χ1n) is 6.39. The third-order valence-corrected chi connectivity index (χ3v) is 3.42. The van der Waals surface area contributed by atoms with Gasteiger partial charge in [-0.3, -0.25) is 4.79 Å². The Morgan fingerprint density at radius 3 is 2.95 bits per heavy atom. The Morgan fingerprint density at radius 2 is 2.19 bits per heavy atom. The minimum absolute atomic E-state index is 0.176. The number of hydrogen-bond donors (Lipinski definition) is 2. The maximum absolute atomic E-state index is 11.9. The smallest absolute Gasteiger partial charge is 0.345 e. The van der Waals surface area contributed by atoms with Gasteiger partial charge in [0, 0.05) is 6.20 Å². The second-order valence-electron chi connectivity index (χ2n) is 4.01. The Morgan fingerprint density at radius 1 is 1.38 bits per heavy atom. The summed E-state index contributed by atoms with van der Waals surface area (Å²) in [5.74, 6) is 0.640. The fraction of sp³-hybridized carbons (Fsp3) is 0.214. The number of benzene rings is 1. The Bertz CT molecular complexity index is 672. The van der Waals surface area contributed by atoms with E-state index in [-0.39, 0.29) is 11.7 Å². The van der Waals surface area contributed by atoms with Crippen LogP contribution in [0.15, 0.2) is 46.3 Å². The van der Waals surface area contributed by atoms with Crippen LogP contribution in [0.3, 0.4) is 0 Å². The molecule has 1 heterocycles. The minimum Gasteiger partial charge on any atom is -0.492 e. The largest absolute Gasteiger partial charge is 0.492 e. The number of anilines is 1. The molecule has 2 rings (SSSR count). The van der Waals surface area contributed by atoms with Crippen molar-refractivity contribution in [3.8, 4) is 5.75 Å². The molecule has 0 atom stereocenters. The fourth-order valence-electron chi connectivity index (χ4n) is 1.62. The van der Waals surface area contributed by atoms with Crippen LogP contribution in [0.2, 0.25) is 0 Å². The van der Waals surface area contributed by atoms with Crippen LogP contribution in [0.4, 0.5) is 5.69 Å². The summed E-state index contributed by atoms with van der Waals surface area (Å²) in [4.78, 5) is 29.1. The lowest BCUT2D eigenvalue weighted by atomic mass is 10.3. The maximum Gasteiger partial charge on any atom is 0.345 e. The van der Waals surface area contributed by atoms with Gasteiger partial charge in [-0.05, 0) is 25.1 Å². The van der Waals surface area contributed by atoms with Gasteiger partial charge in [-0.1, -0.05) is 23.9 Å². The van der Waals surface area contributed by atoms with Crippen LogP contribution in [0.25, 0.3) is 0 Å². The number of rotatable bonds is 6. The van der Waals surface area contributed by atoms with Crippen molar-refractivity contribution in [2.24, 2.45) is 0 Å². The summed E-state index contributed by atoms with van der Waals surface area (Å²) in [5.41, 5.74) is 0.204. The number of nitrogens with zero attached hydrogens (tertiary/aromatic N) is 1. The van der Waals surface area contributed by atoms with Gasteiger partial charge in [-0.25, -0.2) is 9.78 Å². The molecular formula is C14H15N3O3S. The van der Waals surface area contributed by atoms with E-state index in [9.17, 15) is 9.59 Å². The van der Waals surface area contributed by atoms with Gasteiger partial charge < -0.3 is 15.0 Å². The number of H-pyrrole nitrogens is 1. The van der Waals surface area contributed by atoms with Gasteiger partial charge in [0.2, 0.25) is 5.91 Å². The van der Waals surface area contributed by atoms with Crippen LogP contribution in [0, 0.1) is 0 Å². The summed E-state index contributed by atoms with van der Waals surface area (Å²) in [6.07, 6.45) is 1.41. The van der Waals surface area contributed by atoms with E-state index in [0.29, 0.717) is 23.1 Å². The molecule has 0 aliphatic carbocycles. The molecule has 0 fully saturated rings. The highest BCUT2D eigenvalue weighted by Gasteiger charge is 2.08. The summed E-state index contributed by atoms with van der Waals surface area (Å²) in [7, 11) is 0. The number of aromatic nitrogens is 2. The quantitative estimate of drug-likeness (QED) is 0.629. The molecule has 6 nitrogen and oxygen atoms in total. The van der Waals surface area contributed by atoms with Crippen molar-refractivity contribution in [3.05, 3.63) is 47.0 Å². The lowest BCUT2D eigenvalue weighted by Gasteiger charge is -2.10. The van der Waals surface area contributed by atoms with Crippen LogP contribution >= 0.6 is 11.8 Å². The van der Waals surface area contributed by atoms with E-state index in [1.54, 1.807) is 18.2 Å². The van der Waals surface area contributed by atoms with Crippen molar-refractivity contribution in [2.75, 3.05) is 17.7 Å². The summed E-state index contributed by atoms with van der Waals surface area (Å²) in [6, 6.07) is 8.89. The van der Waals surface area contributed by atoms with Crippen molar-refractivity contribution in [2.45, 2.75) is 11.9 Å². The van der Waals surface area contributed by atoms with Crippen molar-refractivity contribution < 1.29 is 9.53 Å². The minimum atomic E-state index is -0.429. The zero-order chi connectivity index (χ0) is 15.1. The molecule has 2 aromatic rings. The first kappa shape index (κ1) is 15.1. The zero-order valence-electron chi connectivity index (χ0n) is 11.5. The predicted molar refractivity (Wildman–Crippen MR) is 81.8 cm³/mol. The number of carbonyl (C=O) groups is 1. The summed E-state index contributed by atoms with van der Waals surface area (Å²) in [5, 5.41) is 3.39. The lowest BCUT2D eigenvalue weighted by Crippen LogP contribution is -2.16. The molecule has 0 radical (unpaired) electrons. The maximum atomic E-state index is 11.9. The van der Waals surface area contributed by atoms with Crippen molar-refractivity contribution in [3.63, 3.8) is 0 Å². The van der Waals surface area contributed by atoms with E-state index in [4.69, 9.17) is 4.74 Å². The highest BCUT2D eigenvalue weighted by molar-refractivity contribution is 7.99. The van der Waals surface area contributed by atoms with Crippen LogP contribution in [-0.2, 0) is 4.79 Å². The molecule has 0 unspecified atom stereocenters. The van der Waals surface area contributed by atoms with Crippen molar-refractivity contribution >= 4 is 23.4 Å². The Kier molecular flexibility index (Phi) is 5.39. The molecule has 0 spiro atoms. The van der Waals surface area contributed by atoms with Gasteiger partial charge in [0.05, 0.1) is 23.1 Å². The van der Waals surface area contributed by atoms with E-state index >= 15 is 0 Å². The average molecular weight is 305 g/mol. The molecule has 1 aromatic heterocycles. The number of hydrogen-bond acceptors (Lipinski definition) is 5. The molecule has 1 amide bonds. The first-order chi connectivity index (χ1) is 10.2. The molecule has 0 saturated heterocycles. The number of amides is 1. The highest BCUT2D eigenvalue weighted by Crippen LogP contribution is 2.24. The Balaban J connectivity index is 1.94. The number of ether oxygens (including phenoxy) is 1. The van der Waals surface area contributed by atoms with E-state index in [0.717, 1.165) is 0 Å². The summed E-state index contributed by atoms with van der Waals surface area (Å²) >= 11 is 1.23. The predicted octanol–water partition coefficient (Wildman–Crippen LogP) is 1.90. The molecule has 0 bridgehead atoms. The topological polar surface area (TPSA) is 84.1 Å².